The predicted molar refractivity (Wildman–Crippen MR) is 134 cm³/mol. The number of nitrogens with zero attached hydrogens (tertiary/aromatic N) is 5. The second-order valence-electron chi connectivity index (χ2n) is 8.51. The average molecular weight is 491 g/mol. The molecule has 0 spiro atoms. The van der Waals surface area contributed by atoms with Gasteiger partial charge in [0, 0.05) is 50.7 Å². The van der Waals surface area contributed by atoms with E-state index in [1.807, 2.05) is 32.0 Å². The summed E-state index contributed by atoms with van der Waals surface area (Å²) < 4.78 is 11.9. The Morgan fingerprint density at radius 1 is 1.03 bits per heavy atom. The highest BCUT2D eigenvalue weighted by molar-refractivity contribution is 5.96. The van der Waals surface area contributed by atoms with Gasteiger partial charge in [0.1, 0.15) is 12.2 Å². The molecule has 4 rings (SSSR count). The van der Waals surface area contributed by atoms with Crippen LogP contribution in [0.4, 0.5) is 5.95 Å². The first-order valence-corrected chi connectivity index (χ1v) is 11.8. The van der Waals surface area contributed by atoms with Gasteiger partial charge >= 0.3 is 0 Å². The molecule has 0 bridgehead atoms. The summed E-state index contributed by atoms with van der Waals surface area (Å²) >= 11 is 0. The Bertz CT molecular complexity index is 1210. The number of benzene rings is 1. The standard InChI is InChI=1S/C26H30N6O4/c1-18-17-19(2)30-26(29-18)28-12-10-23(33)32-14-13-31(3)25(34)20-7-6-11-27-24(20)36-22-9-5-4-8-21(22)35-16-15-32/h4-9,11,17H,10,12-16H2,1-3H3,(H,28,29,30). The van der Waals surface area contributed by atoms with Crippen molar-refractivity contribution >= 4 is 17.8 Å². The van der Waals surface area contributed by atoms with E-state index in [1.54, 1.807) is 47.3 Å². The van der Waals surface area contributed by atoms with Gasteiger partial charge in [-0.3, -0.25) is 9.59 Å². The number of likely N-dealkylation sites (N-methyl/N-ethyl adjacent to an activating group) is 1. The van der Waals surface area contributed by atoms with E-state index in [0.29, 0.717) is 49.2 Å². The van der Waals surface area contributed by atoms with Crippen molar-refractivity contribution in [3.05, 3.63) is 65.6 Å². The maximum Gasteiger partial charge on any atom is 0.259 e. The van der Waals surface area contributed by atoms with Gasteiger partial charge in [0.15, 0.2) is 11.5 Å². The van der Waals surface area contributed by atoms with Crippen LogP contribution in [0.1, 0.15) is 28.2 Å². The zero-order chi connectivity index (χ0) is 25.5. The summed E-state index contributed by atoms with van der Waals surface area (Å²) in [6.07, 6.45) is 1.83. The fourth-order valence-electron chi connectivity index (χ4n) is 3.84. The molecule has 2 aromatic heterocycles. The number of anilines is 1. The third-order valence-electron chi connectivity index (χ3n) is 5.69. The second kappa shape index (κ2) is 11.5. The van der Waals surface area contributed by atoms with Crippen molar-refractivity contribution in [1.82, 2.24) is 24.8 Å². The Balaban J connectivity index is 1.48. The summed E-state index contributed by atoms with van der Waals surface area (Å²) in [5.41, 5.74) is 2.06. The lowest BCUT2D eigenvalue weighted by Crippen LogP contribution is -2.41. The van der Waals surface area contributed by atoms with E-state index in [1.165, 1.54) is 0 Å². The van der Waals surface area contributed by atoms with Gasteiger partial charge in [-0.1, -0.05) is 12.1 Å². The molecule has 36 heavy (non-hydrogen) atoms. The number of carbonyl (C=O) groups is 2. The number of hydrogen-bond acceptors (Lipinski definition) is 8. The van der Waals surface area contributed by atoms with Crippen LogP contribution in [0, 0.1) is 13.8 Å². The number of aryl methyl sites for hydroxylation is 2. The van der Waals surface area contributed by atoms with Crippen molar-refractivity contribution in [2.75, 3.05) is 45.2 Å². The highest BCUT2D eigenvalue weighted by Gasteiger charge is 2.22. The third kappa shape index (κ3) is 6.26. The van der Waals surface area contributed by atoms with Crippen molar-refractivity contribution in [1.29, 1.82) is 0 Å². The van der Waals surface area contributed by atoms with E-state index in [2.05, 4.69) is 20.3 Å². The van der Waals surface area contributed by atoms with Crippen molar-refractivity contribution in [2.24, 2.45) is 0 Å². The number of amides is 2. The van der Waals surface area contributed by atoms with E-state index in [4.69, 9.17) is 9.47 Å². The number of carbonyl (C=O) groups excluding carboxylic acids is 2. The van der Waals surface area contributed by atoms with Gasteiger partial charge in [0.05, 0.1) is 6.54 Å². The van der Waals surface area contributed by atoms with Crippen LogP contribution in [-0.4, -0.2) is 76.4 Å². The van der Waals surface area contributed by atoms with Crippen molar-refractivity contribution < 1.29 is 19.1 Å². The van der Waals surface area contributed by atoms with E-state index < -0.39 is 0 Å². The van der Waals surface area contributed by atoms with Crippen LogP contribution in [0.5, 0.6) is 17.4 Å². The second-order valence-corrected chi connectivity index (χ2v) is 8.51. The van der Waals surface area contributed by atoms with E-state index in [9.17, 15) is 9.59 Å². The molecule has 2 amide bonds. The third-order valence-corrected chi connectivity index (χ3v) is 5.69. The first-order chi connectivity index (χ1) is 17.4. The molecule has 1 aromatic carbocycles. The van der Waals surface area contributed by atoms with Gasteiger partial charge < -0.3 is 24.6 Å². The summed E-state index contributed by atoms with van der Waals surface area (Å²) in [5.74, 6) is 1.37. The number of pyridine rings is 1. The van der Waals surface area contributed by atoms with Crippen LogP contribution >= 0.6 is 0 Å². The highest BCUT2D eigenvalue weighted by atomic mass is 16.5. The van der Waals surface area contributed by atoms with Crippen LogP contribution in [0.15, 0.2) is 48.7 Å². The Morgan fingerprint density at radius 2 is 1.78 bits per heavy atom. The Hall–Kier alpha value is -4.21. The number of ether oxygens (including phenoxy) is 2. The van der Waals surface area contributed by atoms with Crippen LogP contribution in [0.3, 0.4) is 0 Å². The van der Waals surface area contributed by atoms with Crippen molar-refractivity contribution in [3.8, 4) is 17.4 Å². The molecule has 10 heteroatoms. The molecule has 188 valence electrons. The molecule has 0 saturated carbocycles. The van der Waals surface area contributed by atoms with Crippen molar-refractivity contribution in [2.45, 2.75) is 20.3 Å². The molecule has 1 aliphatic rings. The number of rotatable bonds is 4. The maximum absolute atomic E-state index is 13.2. The van der Waals surface area contributed by atoms with Gasteiger partial charge in [-0.25, -0.2) is 15.0 Å². The molecule has 0 saturated heterocycles. The summed E-state index contributed by atoms with van der Waals surface area (Å²) in [6.45, 7) is 5.54. The summed E-state index contributed by atoms with van der Waals surface area (Å²) in [7, 11) is 1.70. The van der Waals surface area contributed by atoms with Crippen LogP contribution < -0.4 is 14.8 Å². The monoisotopic (exact) mass is 490 g/mol. The first-order valence-electron chi connectivity index (χ1n) is 11.8. The lowest BCUT2D eigenvalue weighted by molar-refractivity contribution is -0.131. The van der Waals surface area contributed by atoms with Crippen LogP contribution in [0.2, 0.25) is 0 Å². The molecule has 1 aliphatic heterocycles. The smallest absolute Gasteiger partial charge is 0.259 e. The summed E-state index contributed by atoms with van der Waals surface area (Å²) in [4.78, 5) is 42.5. The predicted octanol–water partition coefficient (Wildman–Crippen LogP) is 3.08. The first kappa shape index (κ1) is 24.9. The number of hydrogen-bond donors (Lipinski definition) is 1. The van der Waals surface area contributed by atoms with Gasteiger partial charge in [-0.05, 0) is 44.2 Å². The topological polar surface area (TPSA) is 110 Å². The number of nitrogens with one attached hydrogen (secondary N) is 1. The van der Waals surface area contributed by atoms with Crippen LogP contribution in [0.25, 0.3) is 0 Å². The van der Waals surface area contributed by atoms with Crippen LogP contribution in [-0.2, 0) is 4.79 Å². The van der Waals surface area contributed by atoms with Crippen molar-refractivity contribution in [3.63, 3.8) is 0 Å². The fraction of sp³-hybridized carbons (Fsp3) is 0.346. The minimum absolute atomic E-state index is 0.0576. The zero-order valence-corrected chi connectivity index (χ0v) is 20.7. The molecule has 1 N–H and O–H groups in total. The Labute approximate surface area is 210 Å². The van der Waals surface area contributed by atoms with Gasteiger partial charge in [0.25, 0.3) is 5.91 Å². The Kier molecular flexibility index (Phi) is 7.94. The molecular weight excluding hydrogens is 460 g/mol. The van der Waals surface area contributed by atoms with E-state index in [0.717, 1.165) is 11.4 Å². The molecule has 0 aliphatic carbocycles. The normalized spacial score (nSPS) is 14.2. The molecule has 3 heterocycles. The Morgan fingerprint density at radius 3 is 2.56 bits per heavy atom. The van der Waals surface area contributed by atoms with E-state index >= 15 is 0 Å². The highest BCUT2D eigenvalue weighted by Crippen LogP contribution is 2.32. The number of para-hydroxylation sites is 2. The van der Waals surface area contributed by atoms with Gasteiger partial charge in [-0.15, -0.1) is 0 Å². The molecule has 10 nitrogen and oxygen atoms in total. The van der Waals surface area contributed by atoms with Gasteiger partial charge in [-0.2, -0.15) is 0 Å². The molecular formula is C26H30N6O4. The largest absolute Gasteiger partial charge is 0.488 e. The SMILES string of the molecule is Cc1cc(C)nc(NCCC(=O)N2CCOc3ccccc3Oc3ncccc3C(=O)N(C)CC2)n1. The average Bonchev–Trinajstić information content (AvgIpc) is 2.86. The number of aromatic nitrogens is 3. The minimum Gasteiger partial charge on any atom is -0.488 e. The summed E-state index contributed by atoms with van der Waals surface area (Å²) in [6, 6.07) is 12.5. The maximum atomic E-state index is 13.2. The lowest BCUT2D eigenvalue weighted by Gasteiger charge is -2.26. The summed E-state index contributed by atoms with van der Waals surface area (Å²) in [5, 5.41) is 3.12. The fourth-order valence-corrected chi connectivity index (χ4v) is 3.84. The zero-order valence-electron chi connectivity index (χ0n) is 20.7. The quantitative estimate of drug-likeness (QED) is 0.594. The molecule has 0 radical (unpaired) electrons. The number of fused-ring (bicyclic) bond motifs is 2. The van der Waals surface area contributed by atoms with Gasteiger partial charge in [0.2, 0.25) is 17.7 Å². The molecule has 0 unspecified atom stereocenters. The minimum atomic E-state index is -0.239. The molecule has 3 aromatic rings. The lowest BCUT2D eigenvalue weighted by atomic mass is 10.2. The molecule has 0 fully saturated rings. The van der Waals surface area contributed by atoms with E-state index in [-0.39, 0.29) is 30.7 Å². The molecule has 0 atom stereocenters.